The summed E-state index contributed by atoms with van der Waals surface area (Å²) < 4.78 is 27.8. The zero-order valence-electron chi connectivity index (χ0n) is 10.6. The van der Waals surface area contributed by atoms with Crippen LogP contribution in [0.4, 0.5) is 0 Å². The van der Waals surface area contributed by atoms with Gasteiger partial charge < -0.3 is 9.73 Å². The van der Waals surface area contributed by atoms with E-state index in [4.69, 9.17) is 4.42 Å². The molecule has 1 saturated heterocycles. The minimum Gasteiger partial charge on any atom is -0.416 e. The number of aryl methyl sites for hydroxylation is 1. The fourth-order valence-corrected chi connectivity index (χ4v) is 4.17. The lowest BCUT2D eigenvalue weighted by Crippen LogP contribution is -2.39. The van der Waals surface area contributed by atoms with Crippen molar-refractivity contribution in [3.63, 3.8) is 0 Å². The third kappa shape index (κ3) is 3.93. The minimum absolute atomic E-state index is 0.0236. The van der Waals surface area contributed by atoms with Gasteiger partial charge >= 0.3 is 0 Å². The smallest absolute Gasteiger partial charge is 0.277 e. The Morgan fingerprint density at radius 3 is 2.79 bits per heavy atom. The van der Waals surface area contributed by atoms with Crippen LogP contribution in [0.3, 0.4) is 0 Å². The van der Waals surface area contributed by atoms with Crippen molar-refractivity contribution in [1.29, 1.82) is 0 Å². The van der Waals surface area contributed by atoms with Crippen molar-refractivity contribution >= 4 is 27.5 Å². The molecule has 0 radical (unpaired) electrons. The Labute approximate surface area is 115 Å². The lowest BCUT2D eigenvalue weighted by atomic mass is 10.2. The lowest BCUT2D eigenvalue weighted by Gasteiger charge is -2.14. The highest BCUT2D eigenvalue weighted by atomic mass is 32.2. The van der Waals surface area contributed by atoms with Crippen LogP contribution in [-0.4, -0.2) is 47.3 Å². The number of hydrogen-bond acceptors (Lipinski definition) is 7. The summed E-state index contributed by atoms with van der Waals surface area (Å²) >= 11 is 1.15. The van der Waals surface area contributed by atoms with Crippen LogP contribution >= 0.6 is 11.8 Å². The average molecular weight is 305 g/mol. The van der Waals surface area contributed by atoms with E-state index < -0.39 is 15.1 Å². The maximum Gasteiger partial charge on any atom is 0.277 e. The number of rotatable bonds is 4. The van der Waals surface area contributed by atoms with E-state index in [1.165, 1.54) is 0 Å². The van der Waals surface area contributed by atoms with Crippen molar-refractivity contribution in [2.24, 2.45) is 0 Å². The van der Waals surface area contributed by atoms with Gasteiger partial charge in [0, 0.05) is 13.0 Å². The van der Waals surface area contributed by atoms with E-state index in [2.05, 4.69) is 15.5 Å². The van der Waals surface area contributed by atoms with E-state index >= 15 is 0 Å². The number of thioether (sulfide) groups is 1. The molecule has 106 valence electrons. The highest BCUT2D eigenvalue weighted by molar-refractivity contribution is 8.00. The Hall–Kier alpha value is -1.09. The maximum atomic E-state index is 11.9. The second-order valence-corrected chi connectivity index (χ2v) is 7.98. The molecule has 2 atom stereocenters. The zero-order valence-corrected chi connectivity index (χ0v) is 12.3. The van der Waals surface area contributed by atoms with Crippen LogP contribution in [0.5, 0.6) is 0 Å². The summed E-state index contributed by atoms with van der Waals surface area (Å²) in [5, 5.41) is 10.1. The van der Waals surface area contributed by atoms with Crippen LogP contribution in [0.1, 0.15) is 19.2 Å². The number of aromatic nitrogens is 2. The average Bonchev–Trinajstić information content (AvgIpc) is 2.85. The first kappa shape index (κ1) is 14.3. The van der Waals surface area contributed by atoms with Gasteiger partial charge in [0.2, 0.25) is 11.8 Å². The first-order valence-electron chi connectivity index (χ1n) is 5.83. The number of carbonyl (C=O) groups is 1. The second-order valence-electron chi connectivity index (χ2n) is 4.46. The van der Waals surface area contributed by atoms with Crippen LogP contribution in [-0.2, 0) is 14.6 Å². The molecule has 7 nitrogen and oxygen atoms in total. The van der Waals surface area contributed by atoms with Gasteiger partial charge in [0.05, 0.1) is 16.8 Å². The summed E-state index contributed by atoms with van der Waals surface area (Å²) in [6.07, 6.45) is 0.477. The van der Waals surface area contributed by atoms with Crippen LogP contribution in [0.25, 0.3) is 0 Å². The molecule has 1 aromatic heterocycles. The first-order valence-corrected chi connectivity index (χ1v) is 8.53. The first-order chi connectivity index (χ1) is 8.85. The molecule has 0 aromatic carbocycles. The van der Waals surface area contributed by atoms with Crippen LogP contribution in [0.2, 0.25) is 0 Å². The Kier molecular flexibility index (Phi) is 4.14. The molecule has 2 rings (SSSR count). The molecule has 1 amide bonds. The van der Waals surface area contributed by atoms with Crippen molar-refractivity contribution in [2.75, 3.05) is 11.5 Å². The highest BCUT2D eigenvalue weighted by Gasteiger charge is 2.30. The van der Waals surface area contributed by atoms with Gasteiger partial charge in [0.15, 0.2) is 9.84 Å². The van der Waals surface area contributed by atoms with Crippen molar-refractivity contribution in [2.45, 2.75) is 36.8 Å². The molecule has 0 aliphatic carbocycles. The highest BCUT2D eigenvalue weighted by Crippen LogP contribution is 2.22. The molecule has 0 saturated carbocycles. The van der Waals surface area contributed by atoms with E-state index in [1.807, 2.05) is 0 Å². The Balaban J connectivity index is 1.86. The second kappa shape index (κ2) is 5.49. The number of hydrogen-bond donors (Lipinski definition) is 1. The molecule has 1 fully saturated rings. The summed E-state index contributed by atoms with van der Waals surface area (Å²) in [5.41, 5.74) is 0. The predicted octanol–water partition coefficient (Wildman–Crippen LogP) is 0.162. The third-order valence-electron chi connectivity index (χ3n) is 2.73. The zero-order chi connectivity index (χ0) is 14.0. The van der Waals surface area contributed by atoms with Crippen molar-refractivity contribution in [1.82, 2.24) is 15.5 Å². The van der Waals surface area contributed by atoms with Gasteiger partial charge in [-0.2, -0.15) is 0 Å². The third-order valence-corrected chi connectivity index (χ3v) is 5.44. The predicted molar refractivity (Wildman–Crippen MR) is 69.6 cm³/mol. The molecule has 0 unspecified atom stereocenters. The van der Waals surface area contributed by atoms with E-state index in [0.29, 0.717) is 17.5 Å². The number of nitrogens with one attached hydrogen (secondary N) is 1. The monoisotopic (exact) mass is 305 g/mol. The van der Waals surface area contributed by atoms with Crippen molar-refractivity contribution < 1.29 is 17.6 Å². The van der Waals surface area contributed by atoms with Gasteiger partial charge in [-0.05, 0) is 13.3 Å². The summed E-state index contributed by atoms with van der Waals surface area (Å²) in [7, 11) is -2.98. The number of amides is 1. The molecule has 0 spiro atoms. The summed E-state index contributed by atoms with van der Waals surface area (Å²) in [5.74, 6) is 0.387. The maximum absolute atomic E-state index is 11.9. The Morgan fingerprint density at radius 1 is 1.53 bits per heavy atom. The van der Waals surface area contributed by atoms with E-state index in [0.717, 1.165) is 11.8 Å². The molecule has 19 heavy (non-hydrogen) atoms. The topological polar surface area (TPSA) is 102 Å². The molecule has 1 aromatic rings. The summed E-state index contributed by atoms with van der Waals surface area (Å²) in [6, 6.07) is -0.287. The van der Waals surface area contributed by atoms with Crippen LogP contribution < -0.4 is 5.32 Å². The number of sulfone groups is 1. The molecule has 1 aliphatic rings. The van der Waals surface area contributed by atoms with Gasteiger partial charge in [0.1, 0.15) is 0 Å². The van der Waals surface area contributed by atoms with Gasteiger partial charge in [-0.15, -0.1) is 10.2 Å². The number of carbonyl (C=O) groups excluding carboxylic acids is 1. The Morgan fingerprint density at radius 2 is 2.26 bits per heavy atom. The normalized spacial score (nSPS) is 23.2. The molecule has 2 heterocycles. The molecule has 0 bridgehead atoms. The lowest BCUT2D eigenvalue weighted by molar-refractivity contribution is -0.120. The van der Waals surface area contributed by atoms with E-state index in [1.54, 1.807) is 13.8 Å². The SMILES string of the molecule is Cc1nnc(S[C@@H](C)C(=O)N[C@H]2CCS(=O)(=O)C2)o1. The fraction of sp³-hybridized carbons (Fsp3) is 0.700. The van der Waals surface area contributed by atoms with Gasteiger partial charge in [-0.25, -0.2) is 8.42 Å². The minimum atomic E-state index is -2.98. The molecular formula is C10H15N3O4S2. The van der Waals surface area contributed by atoms with Gasteiger partial charge in [0.25, 0.3) is 5.22 Å². The molecule has 1 aliphatic heterocycles. The van der Waals surface area contributed by atoms with Crippen molar-refractivity contribution in [3.8, 4) is 0 Å². The van der Waals surface area contributed by atoms with Gasteiger partial charge in [-0.3, -0.25) is 4.79 Å². The van der Waals surface area contributed by atoms with Crippen molar-refractivity contribution in [3.05, 3.63) is 5.89 Å². The fourth-order valence-electron chi connectivity index (χ4n) is 1.76. The van der Waals surface area contributed by atoms with Crippen LogP contribution in [0, 0.1) is 6.92 Å². The van der Waals surface area contributed by atoms with E-state index in [9.17, 15) is 13.2 Å². The number of nitrogens with zero attached hydrogens (tertiary/aromatic N) is 2. The summed E-state index contributed by atoms with van der Waals surface area (Å²) in [6.45, 7) is 3.38. The molecular weight excluding hydrogens is 290 g/mol. The van der Waals surface area contributed by atoms with Crippen LogP contribution in [0.15, 0.2) is 9.64 Å². The largest absolute Gasteiger partial charge is 0.416 e. The van der Waals surface area contributed by atoms with Gasteiger partial charge in [-0.1, -0.05) is 11.8 Å². The molecule has 1 N–H and O–H groups in total. The Bertz CT molecular complexity index is 569. The molecule has 9 heteroatoms. The van der Waals surface area contributed by atoms with E-state index in [-0.39, 0.29) is 23.5 Å². The quantitative estimate of drug-likeness (QED) is 0.790. The standard InChI is InChI=1S/C10H15N3O4S2/c1-6(18-10-13-12-7(2)17-10)9(14)11-8-3-4-19(15,16)5-8/h6,8H,3-5H2,1-2H3,(H,11,14)/t6-,8-/m0/s1. The summed E-state index contributed by atoms with van der Waals surface area (Å²) in [4.78, 5) is 11.9.